The highest BCUT2D eigenvalue weighted by Gasteiger charge is 2.25. The van der Waals surface area contributed by atoms with Crippen LogP contribution in [0.3, 0.4) is 0 Å². The van der Waals surface area contributed by atoms with Crippen molar-refractivity contribution in [2.45, 2.75) is 32.7 Å². The normalized spacial score (nSPS) is 19.6. The molecule has 0 bridgehead atoms. The topological polar surface area (TPSA) is 49.3 Å². The van der Waals surface area contributed by atoms with Crippen molar-refractivity contribution in [1.82, 2.24) is 19.8 Å². The van der Waals surface area contributed by atoms with Gasteiger partial charge in [-0.1, -0.05) is 0 Å². The molecule has 0 N–H and O–H groups in total. The minimum absolute atomic E-state index is 0.0278. The highest BCUT2D eigenvalue weighted by atomic mass is 16.2. The Morgan fingerprint density at radius 1 is 1.42 bits per heavy atom. The lowest BCUT2D eigenvalue weighted by molar-refractivity contribution is 0.0766. The van der Waals surface area contributed by atoms with Crippen LogP contribution in [0.5, 0.6) is 0 Å². The lowest BCUT2D eigenvalue weighted by Gasteiger charge is -2.21. The number of amides is 1. The Bertz CT molecular complexity index is 445. The third-order valence-electron chi connectivity index (χ3n) is 3.78. The molecule has 1 fully saturated rings. The number of rotatable bonds is 4. The molecule has 1 unspecified atom stereocenters. The van der Waals surface area contributed by atoms with Gasteiger partial charge in [0.2, 0.25) is 0 Å². The van der Waals surface area contributed by atoms with Crippen molar-refractivity contribution >= 4 is 5.91 Å². The number of hydrogen-bond acceptors (Lipinski definition) is 4. The highest BCUT2D eigenvalue weighted by Crippen LogP contribution is 2.28. The maximum atomic E-state index is 12.3. The number of carbonyl (C=O) groups is 1. The fourth-order valence-electron chi connectivity index (χ4n) is 2.60. The predicted octanol–water partition coefficient (Wildman–Crippen LogP) is 1.73. The second-order valence-corrected chi connectivity index (χ2v) is 4.95. The van der Waals surface area contributed by atoms with Gasteiger partial charge in [-0.2, -0.15) is 0 Å². The summed E-state index contributed by atoms with van der Waals surface area (Å²) in [5.74, 6) is -0.0278. The van der Waals surface area contributed by atoms with E-state index in [-0.39, 0.29) is 5.91 Å². The summed E-state index contributed by atoms with van der Waals surface area (Å²) in [7, 11) is 2.10. The molecular weight excluding hydrogens is 240 g/mol. The lowest BCUT2D eigenvalue weighted by atomic mass is 10.1. The zero-order chi connectivity index (χ0) is 13.8. The Kier molecular flexibility index (Phi) is 4.47. The molecule has 104 valence electrons. The van der Waals surface area contributed by atoms with E-state index >= 15 is 0 Å². The second kappa shape index (κ2) is 6.10. The maximum absolute atomic E-state index is 12.3. The molecule has 1 atom stereocenters. The standard InChI is InChI=1S/C14H22N4O/c1-4-18(5-2)14(19)12-10-15-9-11(16-12)13-7-6-8-17(13)3/h9-10,13H,4-8H2,1-3H3. The fraction of sp³-hybridized carbons (Fsp3) is 0.643. The van der Waals surface area contributed by atoms with Gasteiger partial charge in [-0.05, 0) is 40.3 Å². The third-order valence-corrected chi connectivity index (χ3v) is 3.78. The van der Waals surface area contributed by atoms with E-state index in [4.69, 9.17) is 0 Å². The van der Waals surface area contributed by atoms with Gasteiger partial charge in [0.1, 0.15) is 5.69 Å². The Balaban J connectivity index is 2.21. The van der Waals surface area contributed by atoms with Crippen LogP contribution < -0.4 is 0 Å². The molecule has 1 amide bonds. The van der Waals surface area contributed by atoms with Crippen LogP contribution in [0.4, 0.5) is 0 Å². The molecule has 5 nitrogen and oxygen atoms in total. The van der Waals surface area contributed by atoms with Crippen LogP contribution >= 0.6 is 0 Å². The Hall–Kier alpha value is -1.49. The summed E-state index contributed by atoms with van der Waals surface area (Å²) in [6.45, 7) is 6.43. The van der Waals surface area contributed by atoms with Crippen molar-refractivity contribution < 1.29 is 4.79 Å². The Morgan fingerprint density at radius 2 is 2.16 bits per heavy atom. The van der Waals surface area contributed by atoms with Gasteiger partial charge in [0.25, 0.3) is 5.91 Å². The molecule has 0 aliphatic carbocycles. The van der Waals surface area contributed by atoms with Gasteiger partial charge in [-0.25, -0.2) is 4.98 Å². The minimum Gasteiger partial charge on any atom is -0.338 e. The fourth-order valence-corrected chi connectivity index (χ4v) is 2.60. The summed E-state index contributed by atoms with van der Waals surface area (Å²) < 4.78 is 0. The van der Waals surface area contributed by atoms with E-state index in [0.29, 0.717) is 24.8 Å². The molecule has 2 heterocycles. The molecule has 1 saturated heterocycles. The number of hydrogen-bond donors (Lipinski definition) is 0. The van der Waals surface area contributed by atoms with Crippen LogP contribution in [0.25, 0.3) is 0 Å². The van der Waals surface area contributed by atoms with Crippen molar-refractivity contribution in [3.8, 4) is 0 Å². The number of aromatic nitrogens is 2. The van der Waals surface area contributed by atoms with Gasteiger partial charge in [-0.15, -0.1) is 0 Å². The number of carbonyl (C=O) groups excluding carboxylic acids is 1. The van der Waals surface area contributed by atoms with E-state index in [1.807, 2.05) is 13.8 Å². The van der Waals surface area contributed by atoms with Gasteiger partial charge in [0.05, 0.1) is 24.1 Å². The molecule has 0 aromatic carbocycles. The summed E-state index contributed by atoms with van der Waals surface area (Å²) >= 11 is 0. The number of nitrogens with zero attached hydrogens (tertiary/aromatic N) is 4. The molecule has 1 aliphatic heterocycles. The summed E-state index contributed by atoms with van der Waals surface area (Å²) in [5.41, 5.74) is 1.37. The molecule has 5 heteroatoms. The molecular formula is C14H22N4O. The smallest absolute Gasteiger partial charge is 0.274 e. The van der Waals surface area contributed by atoms with Gasteiger partial charge in [-0.3, -0.25) is 14.7 Å². The van der Waals surface area contributed by atoms with Crippen LogP contribution in [0.2, 0.25) is 0 Å². The molecule has 0 radical (unpaired) electrons. The zero-order valence-corrected chi connectivity index (χ0v) is 12.0. The van der Waals surface area contributed by atoms with E-state index in [9.17, 15) is 4.79 Å². The molecule has 1 aliphatic rings. The van der Waals surface area contributed by atoms with E-state index in [1.54, 1.807) is 17.3 Å². The van der Waals surface area contributed by atoms with Gasteiger partial charge >= 0.3 is 0 Å². The van der Waals surface area contributed by atoms with Gasteiger partial charge in [0, 0.05) is 13.1 Å². The van der Waals surface area contributed by atoms with Crippen LogP contribution in [-0.4, -0.2) is 52.4 Å². The van der Waals surface area contributed by atoms with Crippen LogP contribution in [0.1, 0.15) is 48.9 Å². The van der Waals surface area contributed by atoms with Crippen molar-refractivity contribution in [3.63, 3.8) is 0 Å². The zero-order valence-electron chi connectivity index (χ0n) is 12.0. The van der Waals surface area contributed by atoms with E-state index < -0.39 is 0 Å². The third kappa shape index (κ3) is 2.92. The summed E-state index contributed by atoms with van der Waals surface area (Å²) in [4.78, 5) is 25.0. The first-order chi connectivity index (χ1) is 9.17. The van der Waals surface area contributed by atoms with Crippen molar-refractivity contribution in [1.29, 1.82) is 0 Å². The molecule has 2 rings (SSSR count). The molecule has 0 saturated carbocycles. The first-order valence-electron chi connectivity index (χ1n) is 6.98. The summed E-state index contributed by atoms with van der Waals surface area (Å²) in [6.07, 6.45) is 5.62. The van der Waals surface area contributed by atoms with E-state index in [0.717, 1.165) is 18.7 Å². The second-order valence-electron chi connectivity index (χ2n) is 4.95. The monoisotopic (exact) mass is 262 g/mol. The first-order valence-corrected chi connectivity index (χ1v) is 6.98. The van der Waals surface area contributed by atoms with Crippen LogP contribution in [0.15, 0.2) is 12.4 Å². The predicted molar refractivity (Wildman–Crippen MR) is 73.9 cm³/mol. The lowest BCUT2D eigenvalue weighted by Crippen LogP contribution is -2.31. The van der Waals surface area contributed by atoms with Gasteiger partial charge < -0.3 is 4.90 Å². The average molecular weight is 262 g/mol. The van der Waals surface area contributed by atoms with Crippen molar-refractivity contribution in [2.24, 2.45) is 0 Å². The van der Waals surface area contributed by atoms with Crippen LogP contribution in [0, 0.1) is 0 Å². The van der Waals surface area contributed by atoms with Crippen LogP contribution in [-0.2, 0) is 0 Å². The van der Waals surface area contributed by atoms with Crippen molar-refractivity contribution in [2.75, 3.05) is 26.7 Å². The highest BCUT2D eigenvalue weighted by molar-refractivity contribution is 5.92. The average Bonchev–Trinajstić information content (AvgIpc) is 2.86. The van der Waals surface area contributed by atoms with E-state index in [2.05, 4.69) is 21.9 Å². The summed E-state index contributed by atoms with van der Waals surface area (Å²) in [5, 5.41) is 0. The Labute approximate surface area is 114 Å². The molecule has 19 heavy (non-hydrogen) atoms. The van der Waals surface area contributed by atoms with Crippen molar-refractivity contribution in [3.05, 3.63) is 23.8 Å². The Morgan fingerprint density at radius 3 is 2.74 bits per heavy atom. The van der Waals surface area contributed by atoms with E-state index in [1.165, 1.54) is 6.42 Å². The summed E-state index contributed by atoms with van der Waals surface area (Å²) in [6, 6.07) is 0.303. The number of likely N-dealkylation sites (tertiary alicyclic amines) is 1. The SMILES string of the molecule is CCN(CC)C(=O)c1cncc(C2CCCN2C)n1. The first kappa shape index (κ1) is 13.9. The quantitative estimate of drug-likeness (QED) is 0.829. The minimum atomic E-state index is -0.0278. The molecule has 1 aromatic heterocycles. The molecule has 1 aromatic rings. The largest absolute Gasteiger partial charge is 0.338 e. The maximum Gasteiger partial charge on any atom is 0.274 e. The molecule has 0 spiro atoms. The van der Waals surface area contributed by atoms with Gasteiger partial charge in [0.15, 0.2) is 0 Å².